The van der Waals surface area contributed by atoms with Crippen molar-refractivity contribution in [3.05, 3.63) is 24.2 Å². The van der Waals surface area contributed by atoms with Crippen LogP contribution in [0.25, 0.3) is 0 Å². The third kappa shape index (κ3) is 3.52. The van der Waals surface area contributed by atoms with Gasteiger partial charge >= 0.3 is 0 Å². The van der Waals surface area contributed by atoms with Crippen LogP contribution in [0, 0.1) is 0 Å². The molecule has 1 aromatic rings. The van der Waals surface area contributed by atoms with Gasteiger partial charge in [-0.15, -0.1) is 12.4 Å². The normalized spacial score (nSPS) is 23.1. The molecule has 1 unspecified atom stereocenters. The van der Waals surface area contributed by atoms with Gasteiger partial charge in [-0.3, -0.25) is 0 Å². The van der Waals surface area contributed by atoms with Crippen LogP contribution in [0.2, 0.25) is 0 Å². The van der Waals surface area contributed by atoms with E-state index in [4.69, 9.17) is 4.42 Å². The zero-order valence-corrected chi connectivity index (χ0v) is 9.85. The third-order valence-corrected chi connectivity index (χ3v) is 2.75. The summed E-state index contributed by atoms with van der Waals surface area (Å²) in [5.41, 5.74) is 0. The van der Waals surface area contributed by atoms with Crippen LogP contribution in [0.1, 0.15) is 31.6 Å². The van der Waals surface area contributed by atoms with Gasteiger partial charge in [0.05, 0.1) is 12.3 Å². The highest BCUT2D eigenvalue weighted by atomic mass is 35.5. The number of halogens is 1. The molecular weight excluding hydrogens is 212 g/mol. The van der Waals surface area contributed by atoms with E-state index in [0.717, 1.165) is 18.8 Å². The highest BCUT2D eigenvalue weighted by Gasteiger charge is 2.16. The van der Waals surface area contributed by atoms with Crippen molar-refractivity contribution in [2.45, 2.75) is 31.8 Å². The average Bonchev–Trinajstić information content (AvgIpc) is 2.72. The Hall–Kier alpha value is -0.510. The third-order valence-electron chi connectivity index (χ3n) is 2.75. The monoisotopic (exact) mass is 230 g/mol. The van der Waals surface area contributed by atoms with Gasteiger partial charge in [-0.2, -0.15) is 0 Å². The Morgan fingerprint density at radius 1 is 1.60 bits per heavy atom. The van der Waals surface area contributed by atoms with Gasteiger partial charge < -0.3 is 15.1 Å². The van der Waals surface area contributed by atoms with Crippen molar-refractivity contribution < 1.29 is 4.42 Å². The maximum atomic E-state index is 5.35. The predicted octanol–water partition coefficient (Wildman–Crippen LogP) is 2.10. The Bertz CT molecular complexity index is 258. The summed E-state index contributed by atoms with van der Waals surface area (Å²) in [6.45, 7) is 4.38. The highest BCUT2D eigenvalue weighted by molar-refractivity contribution is 5.85. The van der Waals surface area contributed by atoms with Crippen LogP contribution in [0.4, 0.5) is 0 Å². The SMILES string of the molecule is CC(N[C@@H]1CCCNC1)c1ccco1.Cl. The van der Waals surface area contributed by atoms with Gasteiger partial charge in [0, 0.05) is 12.6 Å². The maximum Gasteiger partial charge on any atom is 0.120 e. The Morgan fingerprint density at radius 3 is 3.07 bits per heavy atom. The molecule has 3 nitrogen and oxygen atoms in total. The molecule has 15 heavy (non-hydrogen) atoms. The minimum absolute atomic E-state index is 0. The summed E-state index contributed by atoms with van der Waals surface area (Å²) in [5, 5.41) is 6.96. The van der Waals surface area contributed by atoms with E-state index in [-0.39, 0.29) is 12.4 Å². The molecule has 2 rings (SSSR count). The molecular formula is C11H19ClN2O. The van der Waals surface area contributed by atoms with E-state index >= 15 is 0 Å². The molecule has 0 spiro atoms. The van der Waals surface area contributed by atoms with Crippen LogP contribution in [-0.2, 0) is 0 Å². The van der Waals surface area contributed by atoms with Gasteiger partial charge in [0.1, 0.15) is 5.76 Å². The zero-order valence-electron chi connectivity index (χ0n) is 9.03. The summed E-state index contributed by atoms with van der Waals surface area (Å²) in [7, 11) is 0. The van der Waals surface area contributed by atoms with Crippen LogP contribution in [0.15, 0.2) is 22.8 Å². The molecule has 2 atom stereocenters. The smallest absolute Gasteiger partial charge is 0.120 e. The Morgan fingerprint density at radius 2 is 2.47 bits per heavy atom. The van der Waals surface area contributed by atoms with E-state index < -0.39 is 0 Å². The van der Waals surface area contributed by atoms with Crippen LogP contribution in [-0.4, -0.2) is 19.1 Å². The van der Waals surface area contributed by atoms with Gasteiger partial charge in [-0.05, 0) is 38.4 Å². The van der Waals surface area contributed by atoms with E-state index in [1.807, 2.05) is 12.1 Å². The summed E-state index contributed by atoms with van der Waals surface area (Å²) in [5.74, 6) is 1.02. The lowest BCUT2D eigenvalue weighted by atomic mass is 10.1. The molecule has 0 radical (unpaired) electrons. The summed E-state index contributed by atoms with van der Waals surface area (Å²) < 4.78 is 5.35. The lowest BCUT2D eigenvalue weighted by Gasteiger charge is -2.26. The first-order valence-electron chi connectivity index (χ1n) is 5.36. The summed E-state index contributed by atoms with van der Waals surface area (Å²) in [6.07, 6.45) is 4.26. The van der Waals surface area contributed by atoms with Gasteiger partial charge in [-0.25, -0.2) is 0 Å². The number of piperidine rings is 1. The van der Waals surface area contributed by atoms with Gasteiger partial charge in [0.25, 0.3) is 0 Å². The Kier molecular flexibility index (Phi) is 5.15. The molecule has 0 aromatic carbocycles. The number of furan rings is 1. The predicted molar refractivity (Wildman–Crippen MR) is 63.4 cm³/mol. The molecule has 1 aliphatic heterocycles. The van der Waals surface area contributed by atoms with Crippen molar-refractivity contribution in [3.63, 3.8) is 0 Å². The second kappa shape index (κ2) is 6.16. The molecule has 0 amide bonds. The van der Waals surface area contributed by atoms with Crippen molar-refractivity contribution >= 4 is 12.4 Å². The summed E-state index contributed by atoms with van der Waals surface area (Å²) in [6, 6.07) is 4.86. The fraction of sp³-hybridized carbons (Fsp3) is 0.636. The second-order valence-electron chi connectivity index (χ2n) is 3.95. The second-order valence-corrected chi connectivity index (χ2v) is 3.95. The van der Waals surface area contributed by atoms with Crippen LogP contribution >= 0.6 is 12.4 Å². The van der Waals surface area contributed by atoms with E-state index in [2.05, 4.69) is 17.6 Å². The van der Waals surface area contributed by atoms with Crippen molar-refractivity contribution in [2.24, 2.45) is 0 Å². The first kappa shape index (κ1) is 12.6. The van der Waals surface area contributed by atoms with Crippen LogP contribution < -0.4 is 10.6 Å². The molecule has 0 aliphatic carbocycles. The van der Waals surface area contributed by atoms with Gasteiger partial charge in [-0.1, -0.05) is 0 Å². The largest absolute Gasteiger partial charge is 0.468 e. The van der Waals surface area contributed by atoms with Crippen LogP contribution in [0.5, 0.6) is 0 Å². The van der Waals surface area contributed by atoms with E-state index in [1.54, 1.807) is 6.26 Å². The summed E-state index contributed by atoms with van der Waals surface area (Å²) >= 11 is 0. The highest BCUT2D eigenvalue weighted by Crippen LogP contribution is 2.14. The summed E-state index contributed by atoms with van der Waals surface area (Å²) in [4.78, 5) is 0. The Labute approximate surface area is 97.0 Å². The molecule has 2 heterocycles. The van der Waals surface area contributed by atoms with Crippen molar-refractivity contribution in [2.75, 3.05) is 13.1 Å². The fourth-order valence-electron chi connectivity index (χ4n) is 1.97. The van der Waals surface area contributed by atoms with Crippen LogP contribution in [0.3, 0.4) is 0 Å². The quantitative estimate of drug-likeness (QED) is 0.835. The maximum absolute atomic E-state index is 5.35. The molecule has 1 aromatic heterocycles. The minimum atomic E-state index is 0. The number of nitrogens with one attached hydrogen (secondary N) is 2. The molecule has 0 bridgehead atoms. The standard InChI is InChI=1S/C11H18N2O.ClH/c1-9(11-5-3-7-14-11)13-10-4-2-6-12-8-10;/h3,5,7,9-10,12-13H,2,4,6,8H2,1H3;1H/t9?,10-;/m1./s1. The van der Waals surface area contributed by atoms with E-state index in [0.29, 0.717) is 12.1 Å². The average molecular weight is 231 g/mol. The van der Waals surface area contributed by atoms with E-state index in [1.165, 1.54) is 12.8 Å². The first-order chi connectivity index (χ1) is 6.86. The number of rotatable bonds is 3. The molecule has 1 aliphatic rings. The zero-order chi connectivity index (χ0) is 9.80. The molecule has 1 saturated heterocycles. The van der Waals surface area contributed by atoms with Crippen molar-refractivity contribution in [1.29, 1.82) is 0 Å². The fourth-order valence-corrected chi connectivity index (χ4v) is 1.97. The molecule has 0 saturated carbocycles. The van der Waals surface area contributed by atoms with Gasteiger partial charge in [0.2, 0.25) is 0 Å². The lowest BCUT2D eigenvalue weighted by molar-refractivity contribution is 0.335. The number of hydrogen-bond acceptors (Lipinski definition) is 3. The topological polar surface area (TPSA) is 37.2 Å². The van der Waals surface area contributed by atoms with Crippen molar-refractivity contribution in [3.8, 4) is 0 Å². The van der Waals surface area contributed by atoms with Crippen molar-refractivity contribution in [1.82, 2.24) is 10.6 Å². The van der Waals surface area contributed by atoms with E-state index in [9.17, 15) is 0 Å². The molecule has 86 valence electrons. The lowest BCUT2D eigenvalue weighted by Crippen LogP contribution is -2.43. The molecule has 4 heteroatoms. The first-order valence-corrected chi connectivity index (χ1v) is 5.36. The molecule has 1 fully saturated rings. The minimum Gasteiger partial charge on any atom is -0.468 e. The number of hydrogen-bond donors (Lipinski definition) is 2. The molecule has 2 N–H and O–H groups in total. The van der Waals surface area contributed by atoms with Gasteiger partial charge in [0.15, 0.2) is 0 Å². The Balaban J connectivity index is 0.00000112.